The van der Waals surface area contributed by atoms with Gasteiger partial charge in [0.05, 0.1) is 10.0 Å². The molecule has 0 radical (unpaired) electrons. The molecule has 1 saturated heterocycles. The molecule has 18 heavy (non-hydrogen) atoms. The fraction of sp³-hybridized carbons (Fsp3) is 0.545. The van der Waals surface area contributed by atoms with Gasteiger partial charge in [-0.15, -0.1) is 0 Å². The van der Waals surface area contributed by atoms with Gasteiger partial charge in [-0.25, -0.2) is 10.8 Å². The number of pyridine rings is 1. The Hall–Kier alpha value is -0.750. The van der Waals surface area contributed by atoms with Gasteiger partial charge in [-0.2, -0.15) is 0 Å². The number of hydrogen-bond donors (Lipinski definition) is 3. The van der Waals surface area contributed by atoms with Crippen LogP contribution in [0.3, 0.4) is 0 Å². The van der Waals surface area contributed by atoms with Crippen LogP contribution in [0.5, 0.6) is 0 Å². The molecule has 0 bridgehead atoms. The van der Waals surface area contributed by atoms with Gasteiger partial charge in [-0.1, -0.05) is 23.2 Å². The van der Waals surface area contributed by atoms with Gasteiger partial charge in [-0.05, 0) is 24.8 Å². The highest BCUT2D eigenvalue weighted by molar-refractivity contribution is 6.37. The summed E-state index contributed by atoms with van der Waals surface area (Å²) in [6.45, 7) is 2.47. The highest BCUT2D eigenvalue weighted by atomic mass is 35.5. The summed E-state index contributed by atoms with van der Waals surface area (Å²) < 4.78 is 5.31. The zero-order valence-electron chi connectivity index (χ0n) is 9.88. The van der Waals surface area contributed by atoms with Crippen molar-refractivity contribution < 1.29 is 4.74 Å². The van der Waals surface area contributed by atoms with E-state index in [2.05, 4.69) is 15.7 Å². The maximum atomic E-state index is 6.07. The van der Waals surface area contributed by atoms with Gasteiger partial charge in [0.25, 0.3) is 0 Å². The molecule has 1 aliphatic heterocycles. The van der Waals surface area contributed by atoms with Gasteiger partial charge < -0.3 is 15.5 Å². The zero-order chi connectivity index (χ0) is 13.0. The Morgan fingerprint density at radius 1 is 1.28 bits per heavy atom. The monoisotopic (exact) mass is 290 g/mol. The summed E-state index contributed by atoms with van der Waals surface area (Å²) in [6, 6.07) is 1.62. The lowest BCUT2D eigenvalue weighted by molar-refractivity contribution is 0.0699. The summed E-state index contributed by atoms with van der Waals surface area (Å²) in [7, 11) is 0. The summed E-state index contributed by atoms with van der Waals surface area (Å²) in [5.41, 5.74) is 2.44. The SMILES string of the molecule is NNc1nc(NCC2CCOCC2)c(Cl)cc1Cl. The van der Waals surface area contributed by atoms with Crippen LogP contribution < -0.4 is 16.6 Å². The number of anilines is 2. The lowest BCUT2D eigenvalue weighted by Crippen LogP contribution is -2.23. The van der Waals surface area contributed by atoms with Gasteiger partial charge >= 0.3 is 0 Å². The summed E-state index contributed by atoms with van der Waals surface area (Å²) in [5, 5.41) is 4.13. The quantitative estimate of drug-likeness (QED) is 0.587. The van der Waals surface area contributed by atoms with Crippen LogP contribution in [-0.4, -0.2) is 24.7 Å². The first kappa shape index (κ1) is 13.7. The number of hydrazine groups is 1. The minimum atomic E-state index is 0.402. The third-order valence-corrected chi connectivity index (χ3v) is 3.54. The average Bonchev–Trinajstić information content (AvgIpc) is 2.39. The van der Waals surface area contributed by atoms with E-state index in [4.69, 9.17) is 33.8 Å². The van der Waals surface area contributed by atoms with Crippen molar-refractivity contribution in [3.63, 3.8) is 0 Å². The molecule has 100 valence electrons. The van der Waals surface area contributed by atoms with Crippen molar-refractivity contribution in [2.24, 2.45) is 11.8 Å². The first-order valence-corrected chi connectivity index (χ1v) is 6.60. The number of nitrogens with one attached hydrogen (secondary N) is 2. The van der Waals surface area contributed by atoms with Crippen LogP contribution in [-0.2, 0) is 4.74 Å². The van der Waals surface area contributed by atoms with E-state index >= 15 is 0 Å². The number of rotatable bonds is 4. The maximum absolute atomic E-state index is 6.07. The first-order chi connectivity index (χ1) is 8.70. The summed E-state index contributed by atoms with van der Waals surface area (Å²) in [5.74, 6) is 6.92. The van der Waals surface area contributed by atoms with Crippen LogP contribution in [0.4, 0.5) is 11.6 Å². The van der Waals surface area contributed by atoms with E-state index in [0.29, 0.717) is 27.6 Å². The topological polar surface area (TPSA) is 72.2 Å². The molecule has 5 nitrogen and oxygen atoms in total. The fourth-order valence-corrected chi connectivity index (χ4v) is 2.36. The smallest absolute Gasteiger partial charge is 0.161 e. The molecule has 1 fully saturated rings. The molecule has 0 aliphatic carbocycles. The molecule has 0 unspecified atom stereocenters. The fourth-order valence-electron chi connectivity index (χ4n) is 1.88. The third-order valence-electron chi connectivity index (χ3n) is 2.97. The largest absolute Gasteiger partial charge is 0.381 e. The summed E-state index contributed by atoms with van der Waals surface area (Å²) in [4.78, 5) is 4.23. The molecule has 0 spiro atoms. The van der Waals surface area contributed by atoms with E-state index in [9.17, 15) is 0 Å². The van der Waals surface area contributed by atoms with Crippen LogP contribution >= 0.6 is 23.2 Å². The molecule has 4 N–H and O–H groups in total. The van der Waals surface area contributed by atoms with Crippen LogP contribution in [0.2, 0.25) is 10.0 Å². The Kier molecular flexibility index (Phi) is 4.88. The van der Waals surface area contributed by atoms with Crippen LogP contribution in [0.1, 0.15) is 12.8 Å². The van der Waals surface area contributed by atoms with Gasteiger partial charge in [0.1, 0.15) is 5.82 Å². The second kappa shape index (κ2) is 6.43. The second-order valence-corrected chi connectivity index (χ2v) is 5.04. The lowest BCUT2D eigenvalue weighted by atomic mass is 10.0. The van der Waals surface area contributed by atoms with E-state index in [1.807, 2.05) is 0 Å². The highest BCUT2D eigenvalue weighted by Crippen LogP contribution is 2.29. The van der Waals surface area contributed by atoms with Crippen LogP contribution in [0.15, 0.2) is 6.07 Å². The molecule has 1 aromatic rings. The van der Waals surface area contributed by atoms with Crippen molar-refractivity contribution in [3.8, 4) is 0 Å². The van der Waals surface area contributed by atoms with Crippen molar-refractivity contribution in [3.05, 3.63) is 16.1 Å². The molecule has 2 rings (SSSR count). The van der Waals surface area contributed by atoms with E-state index < -0.39 is 0 Å². The normalized spacial score (nSPS) is 16.6. The molecule has 7 heteroatoms. The number of hydrogen-bond acceptors (Lipinski definition) is 5. The first-order valence-electron chi connectivity index (χ1n) is 5.85. The molecule has 0 atom stereocenters. The second-order valence-electron chi connectivity index (χ2n) is 4.23. The lowest BCUT2D eigenvalue weighted by Gasteiger charge is -2.22. The minimum Gasteiger partial charge on any atom is -0.381 e. The Labute approximate surface area is 116 Å². The molecular weight excluding hydrogens is 275 g/mol. The standard InChI is InChI=1S/C11H16Cl2N4O/c12-8-5-9(13)11(17-14)16-10(8)15-6-7-1-3-18-4-2-7/h5,7H,1-4,6,14H2,(H2,15,16,17). The van der Waals surface area contributed by atoms with Gasteiger partial charge in [-0.3, -0.25) is 0 Å². The Morgan fingerprint density at radius 2 is 1.94 bits per heavy atom. The molecule has 0 aromatic carbocycles. The van der Waals surface area contributed by atoms with Crippen molar-refractivity contribution in [2.75, 3.05) is 30.5 Å². The third kappa shape index (κ3) is 3.38. The Bertz CT molecular complexity index is 410. The van der Waals surface area contributed by atoms with E-state index in [1.165, 1.54) is 0 Å². The minimum absolute atomic E-state index is 0.402. The van der Waals surface area contributed by atoms with Crippen LogP contribution in [0.25, 0.3) is 0 Å². The van der Waals surface area contributed by atoms with E-state index in [1.54, 1.807) is 6.07 Å². The molecule has 0 amide bonds. The summed E-state index contributed by atoms with van der Waals surface area (Å²) >= 11 is 12.0. The van der Waals surface area contributed by atoms with Gasteiger partial charge in [0.2, 0.25) is 0 Å². The number of nitrogen functional groups attached to an aromatic ring is 1. The number of nitrogens with two attached hydrogens (primary N) is 1. The molecule has 2 heterocycles. The summed E-state index contributed by atoms with van der Waals surface area (Å²) in [6.07, 6.45) is 2.11. The van der Waals surface area contributed by atoms with E-state index in [-0.39, 0.29) is 0 Å². The number of ether oxygens (including phenoxy) is 1. The van der Waals surface area contributed by atoms with Gasteiger partial charge in [0, 0.05) is 19.8 Å². The van der Waals surface area contributed by atoms with Crippen molar-refractivity contribution >= 4 is 34.8 Å². The molecule has 1 aliphatic rings. The van der Waals surface area contributed by atoms with Crippen molar-refractivity contribution in [2.45, 2.75) is 12.8 Å². The van der Waals surface area contributed by atoms with E-state index in [0.717, 1.165) is 32.6 Å². The number of aromatic nitrogens is 1. The number of nitrogens with zero attached hydrogens (tertiary/aromatic N) is 1. The highest BCUT2D eigenvalue weighted by Gasteiger charge is 2.15. The Balaban J connectivity index is 1.99. The number of halogens is 2. The molecule has 0 saturated carbocycles. The van der Waals surface area contributed by atoms with Crippen molar-refractivity contribution in [1.82, 2.24) is 4.98 Å². The molecule has 1 aromatic heterocycles. The average molecular weight is 291 g/mol. The zero-order valence-corrected chi connectivity index (χ0v) is 11.4. The maximum Gasteiger partial charge on any atom is 0.161 e. The predicted molar refractivity (Wildman–Crippen MR) is 74.1 cm³/mol. The Morgan fingerprint density at radius 3 is 2.61 bits per heavy atom. The molecular formula is C11H16Cl2N4O. The van der Waals surface area contributed by atoms with Crippen molar-refractivity contribution in [1.29, 1.82) is 0 Å². The van der Waals surface area contributed by atoms with Gasteiger partial charge in [0.15, 0.2) is 5.82 Å². The predicted octanol–water partition coefficient (Wildman–Crippen LogP) is 2.51. The van der Waals surface area contributed by atoms with Crippen LogP contribution in [0, 0.1) is 5.92 Å².